The van der Waals surface area contributed by atoms with Gasteiger partial charge in [0, 0.05) is 5.54 Å². The summed E-state index contributed by atoms with van der Waals surface area (Å²) in [6.07, 6.45) is -0.543. The van der Waals surface area contributed by atoms with Crippen LogP contribution in [-0.4, -0.2) is 25.5 Å². The molecule has 0 heterocycles. The molecule has 0 aliphatic rings. The average molecular weight is 299 g/mol. The summed E-state index contributed by atoms with van der Waals surface area (Å²) < 4.78 is 29.8. The Kier molecular flexibility index (Phi) is 5.16. The molecule has 0 aliphatic carbocycles. The molecule has 1 N–H and O–H groups in total. The SMILES string of the molecule is CCC(OC(=O)NC(C)(C)C)S(=O)(=O)c1ccccc1. The highest BCUT2D eigenvalue weighted by Crippen LogP contribution is 2.19. The Labute approximate surface area is 120 Å². The quantitative estimate of drug-likeness (QED) is 0.927. The van der Waals surface area contributed by atoms with Crippen LogP contribution in [0.5, 0.6) is 0 Å². The second kappa shape index (κ2) is 6.26. The molecule has 1 amide bonds. The number of carbonyl (C=O) groups is 1. The first-order chi connectivity index (χ1) is 9.16. The lowest BCUT2D eigenvalue weighted by molar-refractivity contribution is 0.121. The average Bonchev–Trinajstić information content (AvgIpc) is 2.34. The Balaban J connectivity index is 2.89. The van der Waals surface area contributed by atoms with E-state index in [9.17, 15) is 13.2 Å². The molecule has 0 aromatic heterocycles. The summed E-state index contributed by atoms with van der Waals surface area (Å²) in [6, 6.07) is 7.98. The fourth-order valence-electron chi connectivity index (χ4n) is 1.58. The highest BCUT2D eigenvalue weighted by atomic mass is 32.2. The Bertz CT molecular complexity index is 546. The molecule has 1 rings (SSSR count). The summed E-state index contributed by atoms with van der Waals surface area (Å²) in [5.74, 6) is 0. The van der Waals surface area contributed by atoms with Gasteiger partial charge in [-0.2, -0.15) is 0 Å². The first-order valence-corrected chi connectivity index (χ1v) is 7.99. The third-order valence-corrected chi connectivity index (χ3v) is 4.52. The van der Waals surface area contributed by atoms with Crippen LogP contribution in [0.3, 0.4) is 0 Å². The number of nitrogens with one attached hydrogen (secondary N) is 1. The molecule has 0 aliphatic heterocycles. The van der Waals surface area contributed by atoms with Gasteiger partial charge in [-0.05, 0) is 39.3 Å². The Morgan fingerprint density at radius 1 is 1.25 bits per heavy atom. The molecule has 0 spiro atoms. The van der Waals surface area contributed by atoms with E-state index >= 15 is 0 Å². The lowest BCUT2D eigenvalue weighted by atomic mass is 10.1. The predicted octanol–water partition coefficient (Wildman–Crippen LogP) is 2.72. The van der Waals surface area contributed by atoms with Gasteiger partial charge >= 0.3 is 6.09 Å². The fraction of sp³-hybridized carbons (Fsp3) is 0.500. The highest BCUT2D eigenvalue weighted by molar-refractivity contribution is 7.92. The van der Waals surface area contributed by atoms with Gasteiger partial charge in [-0.1, -0.05) is 25.1 Å². The molecule has 0 fully saturated rings. The standard InChI is InChI=1S/C14H21NO4S/c1-5-12(19-13(16)15-14(2,3)4)20(17,18)11-9-7-6-8-10-11/h6-10,12H,5H2,1-4H3,(H,15,16). The number of amides is 1. The van der Waals surface area contributed by atoms with Crippen molar-refractivity contribution in [1.82, 2.24) is 5.32 Å². The number of rotatable bonds is 4. The number of hydrogen-bond acceptors (Lipinski definition) is 4. The highest BCUT2D eigenvalue weighted by Gasteiger charge is 2.30. The van der Waals surface area contributed by atoms with Crippen molar-refractivity contribution >= 4 is 15.9 Å². The van der Waals surface area contributed by atoms with E-state index in [1.807, 2.05) is 0 Å². The molecule has 0 radical (unpaired) electrons. The van der Waals surface area contributed by atoms with Crippen molar-refractivity contribution in [2.75, 3.05) is 0 Å². The van der Waals surface area contributed by atoms with Crippen LogP contribution in [0.1, 0.15) is 34.1 Å². The van der Waals surface area contributed by atoms with Crippen molar-refractivity contribution in [2.45, 2.75) is 50.0 Å². The second-order valence-electron chi connectivity index (χ2n) is 5.48. The minimum atomic E-state index is -3.68. The van der Waals surface area contributed by atoms with E-state index in [2.05, 4.69) is 5.32 Å². The third-order valence-electron chi connectivity index (χ3n) is 2.47. The smallest absolute Gasteiger partial charge is 0.408 e. The van der Waals surface area contributed by atoms with Gasteiger partial charge in [0.25, 0.3) is 0 Å². The first kappa shape index (κ1) is 16.5. The Morgan fingerprint density at radius 3 is 2.25 bits per heavy atom. The molecular weight excluding hydrogens is 278 g/mol. The molecule has 0 bridgehead atoms. The van der Waals surface area contributed by atoms with E-state index in [4.69, 9.17) is 4.74 Å². The van der Waals surface area contributed by atoms with Crippen LogP contribution in [0.15, 0.2) is 35.2 Å². The fourth-order valence-corrected chi connectivity index (χ4v) is 3.08. The number of hydrogen-bond donors (Lipinski definition) is 1. The summed E-state index contributed by atoms with van der Waals surface area (Å²) in [5.41, 5.74) is -1.67. The number of carbonyl (C=O) groups excluding carboxylic acids is 1. The van der Waals surface area contributed by atoms with E-state index < -0.39 is 26.9 Å². The molecule has 6 heteroatoms. The molecule has 112 valence electrons. The van der Waals surface area contributed by atoms with Gasteiger partial charge in [-0.3, -0.25) is 0 Å². The van der Waals surface area contributed by atoms with Crippen molar-refractivity contribution < 1.29 is 17.9 Å². The minimum Gasteiger partial charge on any atom is -0.429 e. The van der Waals surface area contributed by atoms with E-state index in [-0.39, 0.29) is 11.3 Å². The molecule has 1 aromatic rings. The summed E-state index contributed by atoms with van der Waals surface area (Å²) in [5, 5.41) is 2.58. The zero-order valence-electron chi connectivity index (χ0n) is 12.2. The Morgan fingerprint density at radius 2 is 1.80 bits per heavy atom. The maximum Gasteiger partial charge on any atom is 0.408 e. The van der Waals surface area contributed by atoms with Crippen molar-refractivity contribution in [1.29, 1.82) is 0 Å². The summed E-state index contributed by atoms with van der Waals surface area (Å²) in [6.45, 7) is 7.04. The minimum absolute atomic E-state index is 0.149. The van der Waals surface area contributed by atoms with Crippen molar-refractivity contribution in [2.24, 2.45) is 0 Å². The predicted molar refractivity (Wildman–Crippen MR) is 77.1 cm³/mol. The van der Waals surface area contributed by atoms with Gasteiger partial charge in [0.1, 0.15) is 0 Å². The second-order valence-corrected chi connectivity index (χ2v) is 7.56. The maximum absolute atomic E-state index is 12.4. The summed E-state index contributed by atoms with van der Waals surface area (Å²) in [4.78, 5) is 11.9. The maximum atomic E-state index is 12.4. The van der Waals surface area contributed by atoms with Gasteiger partial charge in [0.15, 0.2) is 0 Å². The van der Waals surface area contributed by atoms with Gasteiger partial charge in [-0.25, -0.2) is 13.2 Å². The molecule has 0 saturated carbocycles. The van der Waals surface area contributed by atoms with Gasteiger partial charge in [0.05, 0.1) is 4.90 Å². The van der Waals surface area contributed by atoms with Crippen LogP contribution in [0, 0.1) is 0 Å². The number of sulfone groups is 1. The van der Waals surface area contributed by atoms with Crippen LogP contribution in [-0.2, 0) is 14.6 Å². The molecule has 0 saturated heterocycles. The van der Waals surface area contributed by atoms with E-state index in [0.29, 0.717) is 0 Å². The summed E-state index contributed by atoms with van der Waals surface area (Å²) >= 11 is 0. The van der Waals surface area contributed by atoms with Crippen LogP contribution < -0.4 is 5.32 Å². The van der Waals surface area contributed by atoms with Crippen molar-refractivity contribution in [3.05, 3.63) is 30.3 Å². The number of ether oxygens (including phenoxy) is 1. The van der Waals surface area contributed by atoms with Crippen molar-refractivity contribution in [3.63, 3.8) is 0 Å². The molecule has 1 aromatic carbocycles. The zero-order valence-corrected chi connectivity index (χ0v) is 13.0. The van der Waals surface area contributed by atoms with E-state index in [1.165, 1.54) is 12.1 Å². The largest absolute Gasteiger partial charge is 0.429 e. The molecule has 1 unspecified atom stereocenters. The van der Waals surface area contributed by atoms with Crippen LogP contribution in [0.25, 0.3) is 0 Å². The molecular formula is C14H21NO4S. The molecule has 20 heavy (non-hydrogen) atoms. The zero-order chi connectivity index (χ0) is 15.4. The van der Waals surface area contributed by atoms with Crippen LogP contribution in [0.2, 0.25) is 0 Å². The number of alkyl carbamates (subject to hydrolysis) is 1. The van der Waals surface area contributed by atoms with Gasteiger partial charge < -0.3 is 10.1 Å². The number of benzene rings is 1. The monoisotopic (exact) mass is 299 g/mol. The summed E-state index contributed by atoms with van der Waals surface area (Å²) in [7, 11) is -3.68. The third kappa shape index (κ3) is 4.52. The lowest BCUT2D eigenvalue weighted by Gasteiger charge is -2.23. The van der Waals surface area contributed by atoms with E-state index in [1.54, 1.807) is 45.9 Å². The van der Waals surface area contributed by atoms with Gasteiger partial charge in [0.2, 0.25) is 15.3 Å². The van der Waals surface area contributed by atoms with Crippen LogP contribution in [0.4, 0.5) is 4.79 Å². The van der Waals surface area contributed by atoms with Gasteiger partial charge in [-0.15, -0.1) is 0 Å². The topological polar surface area (TPSA) is 72.5 Å². The van der Waals surface area contributed by atoms with Crippen molar-refractivity contribution in [3.8, 4) is 0 Å². The van der Waals surface area contributed by atoms with E-state index in [0.717, 1.165) is 0 Å². The normalized spacial score (nSPS) is 13.6. The Hall–Kier alpha value is -1.56. The molecule has 5 nitrogen and oxygen atoms in total. The lowest BCUT2D eigenvalue weighted by Crippen LogP contribution is -2.43. The van der Waals surface area contributed by atoms with Crippen LogP contribution >= 0.6 is 0 Å². The molecule has 1 atom stereocenters. The first-order valence-electron chi connectivity index (χ1n) is 6.44.